The fraction of sp³-hybridized carbons (Fsp3) is 0.294. The van der Waals surface area contributed by atoms with Crippen LogP contribution >= 0.6 is 11.8 Å². The minimum absolute atomic E-state index is 0.411. The number of fused-ring (bicyclic) bond motifs is 1. The fourth-order valence-corrected chi connectivity index (χ4v) is 5.54. The lowest BCUT2D eigenvalue weighted by Gasteiger charge is -2.25. The first kappa shape index (κ1) is 15.4. The van der Waals surface area contributed by atoms with E-state index in [-0.39, 0.29) is 0 Å². The summed E-state index contributed by atoms with van der Waals surface area (Å²) in [5.41, 5.74) is 2.55. The first-order valence-corrected chi connectivity index (χ1v) is 9.74. The molecule has 1 aliphatic heterocycles. The zero-order valence-electron chi connectivity index (χ0n) is 12.7. The van der Waals surface area contributed by atoms with Gasteiger partial charge in [-0.05, 0) is 55.3 Å². The van der Waals surface area contributed by atoms with Gasteiger partial charge in [0.05, 0.1) is 10.6 Å². The molecular weight excluding hydrogens is 314 g/mol. The molecule has 1 aliphatic rings. The van der Waals surface area contributed by atoms with Gasteiger partial charge in [-0.15, -0.1) is 11.8 Å². The summed E-state index contributed by atoms with van der Waals surface area (Å²) in [6, 6.07) is 13.3. The number of benzene rings is 2. The highest BCUT2D eigenvalue weighted by Crippen LogP contribution is 2.37. The molecule has 0 aromatic heterocycles. The number of hydrogen-bond acceptors (Lipinski definition) is 3. The Morgan fingerprint density at radius 1 is 1.09 bits per heavy atom. The van der Waals surface area contributed by atoms with Crippen LogP contribution in [-0.2, 0) is 10.0 Å². The van der Waals surface area contributed by atoms with E-state index in [2.05, 4.69) is 0 Å². The van der Waals surface area contributed by atoms with Crippen LogP contribution in [-0.4, -0.2) is 20.7 Å². The number of aryl methyl sites for hydroxylation is 2. The Kier molecular flexibility index (Phi) is 4.19. The van der Waals surface area contributed by atoms with Crippen molar-refractivity contribution in [3.8, 4) is 0 Å². The Balaban J connectivity index is 2.15. The molecule has 0 spiro atoms. The molecule has 3 nitrogen and oxygen atoms in total. The van der Waals surface area contributed by atoms with Gasteiger partial charge < -0.3 is 0 Å². The van der Waals surface area contributed by atoms with Crippen molar-refractivity contribution in [2.24, 2.45) is 0 Å². The van der Waals surface area contributed by atoms with Crippen LogP contribution in [0.4, 0.5) is 5.69 Å². The molecule has 0 saturated carbocycles. The van der Waals surface area contributed by atoms with Crippen LogP contribution in [0.3, 0.4) is 0 Å². The van der Waals surface area contributed by atoms with Crippen molar-refractivity contribution < 1.29 is 8.42 Å². The van der Waals surface area contributed by atoms with Gasteiger partial charge >= 0.3 is 0 Å². The lowest BCUT2D eigenvalue weighted by atomic mass is 10.2. The van der Waals surface area contributed by atoms with Crippen LogP contribution < -0.4 is 4.31 Å². The van der Waals surface area contributed by atoms with Crippen LogP contribution in [0.5, 0.6) is 0 Å². The average molecular weight is 333 g/mol. The lowest BCUT2D eigenvalue weighted by molar-refractivity contribution is 0.589. The molecule has 116 valence electrons. The van der Waals surface area contributed by atoms with Gasteiger partial charge in [-0.3, -0.25) is 4.31 Å². The van der Waals surface area contributed by atoms with Gasteiger partial charge in [0.2, 0.25) is 0 Å². The number of sulfonamides is 1. The second-order valence-corrected chi connectivity index (χ2v) is 8.48. The largest absolute Gasteiger partial charge is 0.265 e. The quantitative estimate of drug-likeness (QED) is 0.834. The monoisotopic (exact) mass is 333 g/mol. The number of anilines is 1. The molecule has 1 heterocycles. The predicted molar refractivity (Wildman–Crippen MR) is 92.2 cm³/mol. The zero-order chi connectivity index (χ0) is 15.7. The van der Waals surface area contributed by atoms with Crippen LogP contribution in [0.2, 0.25) is 0 Å². The van der Waals surface area contributed by atoms with Crippen molar-refractivity contribution in [2.45, 2.75) is 30.1 Å². The first-order chi connectivity index (χ1) is 10.5. The van der Waals surface area contributed by atoms with E-state index in [1.165, 1.54) is 0 Å². The Morgan fingerprint density at radius 2 is 1.86 bits per heavy atom. The molecule has 2 aromatic rings. The van der Waals surface area contributed by atoms with Gasteiger partial charge in [0.25, 0.3) is 10.0 Å². The summed E-state index contributed by atoms with van der Waals surface area (Å²) in [5.74, 6) is 0.940. The summed E-state index contributed by atoms with van der Waals surface area (Å²) >= 11 is 1.73. The summed E-state index contributed by atoms with van der Waals surface area (Å²) in [7, 11) is -3.53. The third-order valence-corrected chi connectivity index (χ3v) is 6.91. The molecule has 5 heteroatoms. The maximum absolute atomic E-state index is 13.2. The standard InChI is InChI=1S/C17H19NO2S2/c1-13-8-9-14(2)17(12-13)22(19,20)18-10-5-11-21-16-7-4-3-6-15(16)18/h3-4,6-9,12H,5,10-11H2,1-2H3. The number of thioether (sulfide) groups is 1. The van der Waals surface area contributed by atoms with E-state index in [0.717, 1.165) is 33.9 Å². The van der Waals surface area contributed by atoms with Crippen molar-refractivity contribution in [3.05, 3.63) is 53.6 Å². The molecule has 0 bridgehead atoms. The number of hydrogen-bond donors (Lipinski definition) is 0. The third kappa shape index (κ3) is 2.75. The molecule has 0 saturated heterocycles. The van der Waals surface area contributed by atoms with Gasteiger partial charge in [-0.1, -0.05) is 24.3 Å². The molecule has 0 N–H and O–H groups in total. The molecule has 0 fully saturated rings. The lowest BCUT2D eigenvalue weighted by Crippen LogP contribution is -2.32. The van der Waals surface area contributed by atoms with Gasteiger partial charge in [0.1, 0.15) is 0 Å². The summed E-state index contributed by atoms with van der Waals surface area (Å²) in [6.45, 7) is 4.30. The van der Waals surface area contributed by atoms with Crippen LogP contribution in [0.1, 0.15) is 17.5 Å². The van der Waals surface area contributed by atoms with Crippen molar-refractivity contribution in [1.29, 1.82) is 0 Å². The molecule has 0 aliphatic carbocycles. The smallest absolute Gasteiger partial charge is 0.264 e. The molecule has 0 radical (unpaired) electrons. The fourth-order valence-electron chi connectivity index (χ4n) is 2.65. The maximum Gasteiger partial charge on any atom is 0.264 e. The molecule has 3 rings (SSSR count). The Morgan fingerprint density at radius 3 is 2.68 bits per heavy atom. The summed E-state index contributed by atoms with van der Waals surface area (Å²) in [5, 5.41) is 0. The molecule has 0 unspecified atom stereocenters. The van der Waals surface area contributed by atoms with Gasteiger partial charge in [0.15, 0.2) is 0 Å². The Hall–Kier alpha value is -1.46. The van der Waals surface area contributed by atoms with Crippen molar-refractivity contribution in [2.75, 3.05) is 16.6 Å². The highest BCUT2D eigenvalue weighted by atomic mass is 32.2. The predicted octanol–water partition coefficient (Wildman–Crippen LogP) is 3.99. The van der Waals surface area contributed by atoms with E-state index < -0.39 is 10.0 Å². The number of para-hydroxylation sites is 1. The second kappa shape index (κ2) is 5.97. The molecular formula is C17H19NO2S2. The molecule has 0 amide bonds. The van der Waals surface area contributed by atoms with E-state index in [1.54, 1.807) is 22.1 Å². The third-order valence-electron chi connectivity index (χ3n) is 3.81. The van der Waals surface area contributed by atoms with Crippen molar-refractivity contribution >= 4 is 27.5 Å². The normalized spacial score (nSPS) is 15.3. The van der Waals surface area contributed by atoms with Gasteiger partial charge in [0, 0.05) is 11.4 Å². The highest BCUT2D eigenvalue weighted by molar-refractivity contribution is 7.99. The van der Waals surface area contributed by atoms with E-state index in [0.29, 0.717) is 11.4 Å². The van der Waals surface area contributed by atoms with E-state index in [4.69, 9.17) is 0 Å². The minimum Gasteiger partial charge on any atom is -0.265 e. The summed E-state index contributed by atoms with van der Waals surface area (Å²) in [4.78, 5) is 1.45. The van der Waals surface area contributed by atoms with E-state index in [9.17, 15) is 8.42 Å². The first-order valence-electron chi connectivity index (χ1n) is 7.32. The molecule has 2 aromatic carbocycles. The minimum atomic E-state index is -3.53. The summed E-state index contributed by atoms with van der Waals surface area (Å²) in [6.07, 6.45) is 0.851. The second-order valence-electron chi connectivity index (χ2n) is 5.52. The van der Waals surface area contributed by atoms with Crippen LogP contribution in [0.25, 0.3) is 0 Å². The van der Waals surface area contributed by atoms with Crippen LogP contribution in [0.15, 0.2) is 52.3 Å². The zero-order valence-corrected chi connectivity index (χ0v) is 14.4. The van der Waals surface area contributed by atoms with E-state index >= 15 is 0 Å². The maximum atomic E-state index is 13.2. The van der Waals surface area contributed by atoms with Crippen molar-refractivity contribution in [3.63, 3.8) is 0 Å². The summed E-state index contributed by atoms with van der Waals surface area (Å²) < 4.78 is 28.0. The van der Waals surface area contributed by atoms with Gasteiger partial charge in [-0.25, -0.2) is 8.42 Å². The topological polar surface area (TPSA) is 37.4 Å². The Labute approximate surface area is 136 Å². The Bertz CT molecular complexity index is 800. The molecule has 22 heavy (non-hydrogen) atoms. The van der Waals surface area contributed by atoms with Crippen molar-refractivity contribution in [1.82, 2.24) is 0 Å². The number of rotatable bonds is 2. The average Bonchev–Trinajstić information content (AvgIpc) is 2.72. The SMILES string of the molecule is Cc1ccc(C)c(S(=O)(=O)N2CCCSc3ccccc32)c1. The van der Waals surface area contributed by atoms with Gasteiger partial charge in [-0.2, -0.15) is 0 Å². The highest BCUT2D eigenvalue weighted by Gasteiger charge is 2.29. The molecule has 0 atom stereocenters. The van der Waals surface area contributed by atoms with E-state index in [1.807, 2.05) is 50.2 Å². The van der Waals surface area contributed by atoms with Crippen LogP contribution in [0, 0.1) is 13.8 Å². The number of nitrogens with zero attached hydrogens (tertiary/aromatic N) is 1.